The maximum atomic E-state index is 11.9. The van der Waals surface area contributed by atoms with E-state index in [0.29, 0.717) is 28.2 Å². The number of aryl methyl sites for hydroxylation is 1. The summed E-state index contributed by atoms with van der Waals surface area (Å²) in [6.45, 7) is 1.80. The van der Waals surface area contributed by atoms with Gasteiger partial charge in [-0.15, -0.1) is 5.10 Å². The SMILES string of the molecule is Cc1nn(C2CC3(CC(Oc4nn5ccccc5c4C(N)=O)C3)C2)cc1C(N)=O. The molecule has 0 aliphatic heterocycles. The molecule has 150 valence electrons. The van der Waals surface area contributed by atoms with Crippen LogP contribution in [0.25, 0.3) is 5.52 Å². The minimum absolute atomic E-state index is 0.0134. The van der Waals surface area contributed by atoms with Crippen molar-refractivity contribution in [3.8, 4) is 5.88 Å². The zero-order valence-corrected chi connectivity index (χ0v) is 16.0. The van der Waals surface area contributed by atoms with Gasteiger partial charge in [0.2, 0.25) is 5.88 Å². The van der Waals surface area contributed by atoms with Crippen LogP contribution < -0.4 is 16.2 Å². The van der Waals surface area contributed by atoms with Gasteiger partial charge in [-0.05, 0) is 50.2 Å². The molecular formula is C20H22N6O3. The number of nitrogens with two attached hydrogens (primary N) is 2. The first-order valence-corrected chi connectivity index (χ1v) is 9.65. The van der Waals surface area contributed by atoms with Crippen LogP contribution in [0.5, 0.6) is 5.88 Å². The molecule has 9 nitrogen and oxygen atoms in total. The Morgan fingerprint density at radius 3 is 2.55 bits per heavy atom. The molecule has 0 aromatic carbocycles. The highest BCUT2D eigenvalue weighted by Crippen LogP contribution is 2.61. The van der Waals surface area contributed by atoms with Gasteiger partial charge in [-0.25, -0.2) is 4.52 Å². The Hall–Kier alpha value is -3.36. The molecule has 5 rings (SSSR count). The summed E-state index contributed by atoms with van der Waals surface area (Å²) in [4.78, 5) is 23.3. The smallest absolute Gasteiger partial charge is 0.256 e. The summed E-state index contributed by atoms with van der Waals surface area (Å²) in [6.07, 6.45) is 7.30. The van der Waals surface area contributed by atoms with Crippen LogP contribution in [-0.4, -0.2) is 37.3 Å². The number of primary amides is 2. The van der Waals surface area contributed by atoms with E-state index in [-0.39, 0.29) is 17.6 Å². The largest absolute Gasteiger partial charge is 0.473 e. The van der Waals surface area contributed by atoms with Crippen LogP contribution in [0.3, 0.4) is 0 Å². The lowest BCUT2D eigenvalue weighted by atomic mass is 9.53. The fourth-order valence-corrected chi connectivity index (χ4v) is 4.81. The zero-order valence-electron chi connectivity index (χ0n) is 16.0. The van der Waals surface area contributed by atoms with Gasteiger partial charge < -0.3 is 16.2 Å². The highest BCUT2D eigenvalue weighted by molar-refractivity contribution is 6.02. The van der Waals surface area contributed by atoms with Gasteiger partial charge in [0, 0.05) is 12.4 Å². The first-order valence-electron chi connectivity index (χ1n) is 9.65. The van der Waals surface area contributed by atoms with Gasteiger partial charge in [-0.2, -0.15) is 5.10 Å². The monoisotopic (exact) mass is 394 g/mol. The van der Waals surface area contributed by atoms with E-state index in [1.807, 2.05) is 16.8 Å². The topological polar surface area (TPSA) is 131 Å². The number of ether oxygens (including phenoxy) is 1. The van der Waals surface area contributed by atoms with Crippen LogP contribution in [0.15, 0.2) is 30.6 Å². The molecule has 3 aromatic heterocycles. The molecule has 0 atom stereocenters. The van der Waals surface area contributed by atoms with Crippen molar-refractivity contribution >= 4 is 17.3 Å². The minimum atomic E-state index is -0.543. The number of carbonyl (C=O) groups is 2. The second kappa shape index (κ2) is 6.07. The summed E-state index contributed by atoms with van der Waals surface area (Å²) >= 11 is 0. The van der Waals surface area contributed by atoms with E-state index in [1.54, 1.807) is 29.9 Å². The van der Waals surface area contributed by atoms with Crippen LogP contribution in [0.4, 0.5) is 0 Å². The molecule has 1 spiro atoms. The van der Waals surface area contributed by atoms with Crippen LogP contribution >= 0.6 is 0 Å². The zero-order chi connectivity index (χ0) is 20.3. The van der Waals surface area contributed by atoms with E-state index in [4.69, 9.17) is 16.2 Å². The van der Waals surface area contributed by atoms with Crippen molar-refractivity contribution in [3.05, 3.63) is 47.4 Å². The van der Waals surface area contributed by atoms with Gasteiger partial charge in [-0.3, -0.25) is 14.3 Å². The van der Waals surface area contributed by atoms with E-state index in [0.717, 1.165) is 25.7 Å². The molecule has 0 radical (unpaired) electrons. The van der Waals surface area contributed by atoms with Crippen molar-refractivity contribution in [1.82, 2.24) is 19.4 Å². The molecule has 9 heteroatoms. The highest BCUT2D eigenvalue weighted by Gasteiger charge is 2.55. The summed E-state index contributed by atoms with van der Waals surface area (Å²) < 4.78 is 9.51. The van der Waals surface area contributed by atoms with E-state index in [9.17, 15) is 9.59 Å². The molecule has 2 fully saturated rings. The molecule has 3 aromatic rings. The number of pyridine rings is 1. The highest BCUT2D eigenvalue weighted by atomic mass is 16.5. The van der Waals surface area contributed by atoms with Crippen LogP contribution in [-0.2, 0) is 0 Å². The quantitative estimate of drug-likeness (QED) is 0.679. The summed E-state index contributed by atoms with van der Waals surface area (Å²) in [5, 5.41) is 8.81. The Morgan fingerprint density at radius 1 is 1.14 bits per heavy atom. The predicted molar refractivity (Wildman–Crippen MR) is 104 cm³/mol. The normalized spacial score (nSPS) is 25.6. The molecule has 4 N–H and O–H groups in total. The molecule has 3 heterocycles. The van der Waals surface area contributed by atoms with Crippen LogP contribution in [0.2, 0.25) is 0 Å². The maximum absolute atomic E-state index is 11.9. The van der Waals surface area contributed by atoms with Crippen molar-refractivity contribution in [2.24, 2.45) is 16.9 Å². The molecular weight excluding hydrogens is 372 g/mol. The lowest BCUT2D eigenvalue weighted by molar-refractivity contribution is -0.0986. The lowest BCUT2D eigenvalue weighted by Gasteiger charge is -2.56. The molecule has 29 heavy (non-hydrogen) atoms. The third-order valence-corrected chi connectivity index (χ3v) is 6.25. The van der Waals surface area contributed by atoms with Gasteiger partial charge in [-0.1, -0.05) is 6.07 Å². The number of hydrogen-bond donors (Lipinski definition) is 2. The van der Waals surface area contributed by atoms with Gasteiger partial charge in [0.15, 0.2) is 0 Å². The third-order valence-electron chi connectivity index (χ3n) is 6.25. The summed E-state index contributed by atoms with van der Waals surface area (Å²) in [5.41, 5.74) is 13.3. The van der Waals surface area contributed by atoms with E-state index in [1.165, 1.54) is 0 Å². The Kier molecular flexibility index (Phi) is 3.71. The molecule has 2 saturated carbocycles. The van der Waals surface area contributed by atoms with Gasteiger partial charge in [0.05, 0.1) is 22.8 Å². The Morgan fingerprint density at radius 2 is 1.90 bits per heavy atom. The van der Waals surface area contributed by atoms with Gasteiger partial charge >= 0.3 is 0 Å². The lowest BCUT2D eigenvalue weighted by Crippen LogP contribution is -2.52. The van der Waals surface area contributed by atoms with Crippen LogP contribution in [0.1, 0.15) is 58.1 Å². The first kappa shape index (κ1) is 17.7. The minimum Gasteiger partial charge on any atom is -0.473 e. The number of carbonyl (C=O) groups excluding carboxylic acids is 2. The molecule has 2 aliphatic carbocycles. The second-order valence-corrected chi connectivity index (χ2v) is 8.26. The number of rotatable bonds is 5. The van der Waals surface area contributed by atoms with Crippen LogP contribution in [0, 0.1) is 12.3 Å². The summed E-state index contributed by atoms with van der Waals surface area (Å²) in [7, 11) is 0. The Bertz CT molecular complexity index is 1130. The molecule has 0 bridgehead atoms. The number of nitrogens with zero attached hydrogens (tertiary/aromatic N) is 4. The van der Waals surface area contributed by atoms with Gasteiger partial charge in [0.1, 0.15) is 11.7 Å². The molecule has 2 amide bonds. The summed E-state index contributed by atoms with van der Waals surface area (Å²) in [6, 6.07) is 5.74. The van der Waals surface area contributed by atoms with Crippen molar-refractivity contribution in [2.45, 2.75) is 44.8 Å². The number of fused-ring (bicyclic) bond motifs is 1. The van der Waals surface area contributed by atoms with Crippen molar-refractivity contribution < 1.29 is 14.3 Å². The van der Waals surface area contributed by atoms with Crippen molar-refractivity contribution in [3.63, 3.8) is 0 Å². The fourth-order valence-electron chi connectivity index (χ4n) is 4.81. The van der Waals surface area contributed by atoms with E-state index < -0.39 is 11.8 Å². The standard InChI is InChI=1S/C20H22N6O3/c1-11-14(17(21)27)10-26(23-11)12-6-20(7-12)8-13(9-20)29-19-16(18(22)28)15-4-2-3-5-25(15)24-19/h2-5,10,12-13H,6-9H2,1H3,(H2,21,27)(H2,22,28). The average molecular weight is 394 g/mol. The number of hydrogen-bond acceptors (Lipinski definition) is 5. The average Bonchev–Trinajstić information content (AvgIpc) is 3.15. The number of aromatic nitrogens is 4. The third kappa shape index (κ3) is 2.76. The van der Waals surface area contributed by atoms with E-state index >= 15 is 0 Å². The molecule has 2 aliphatic rings. The van der Waals surface area contributed by atoms with E-state index in [2.05, 4.69) is 10.2 Å². The predicted octanol–water partition coefficient (Wildman–Crippen LogP) is 1.60. The number of amides is 2. The second-order valence-electron chi connectivity index (χ2n) is 8.26. The summed E-state index contributed by atoms with van der Waals surface area (Å²) in [5.74, 6) is -0.691. The first-order chi connectivity index (χ1) is 13.8. The van der Waals surface area contributed by atoms with Gasteiger partial charge in [0.25, 0.3) is 11.8 Å². The van der Waals surface area contributed by atoms with Crippen molar-refractivity contribution in [1.29, 1.82) is 0 Å². The Balaban J connectivity index is 1.24. The molecule has 0 unspecified atom stereocenters. The fraction of sp³-hybridized carbons (Fsp3) is 0.400. The Labute approximate surface area is 166 Å². The maximum Gasteiger partial charge on any atom is 0.256 e. The van der Waals surface area contributed by atoms with Crippen molar-refractivity contribution in [2.75, 3.05) is 0 Å². The molecule has 0 saturated heterocycles.